The summed E-state index contributed by atoms with van der Waals surface area (Å²) in [5, 5.41) is 0.597. The van der Waals surface area contributed by atoms with Gasteiger partial charge < -0.3 is 0 Å². The summed E-state index contributed by atoms with van der Waals surface area (Å²) in [5.74, 6) is 1.43. The van der Waals surface area contributed by atoms with Gasteiger partial charge in [0.05, 0.1) is 0 Å². The van der Waals surface area contributed by atoms with Gasteiger partial charge in [0.1, 0.15) is 0 Å². The molecule has 8 heteroatoms. The number of halogens is 4. The Morgan fingerprint density at radius 3 is 2.35 bits per heavy atom. The van der Waals surface area contributed by atoms with Gasteiger partial charge in [-0.1, -0.05) is 0 Å². The van der Waals surface area contributed by atoms with Crippen LogP contribution in [-0.4, -0.2) is 25.4 Å². The molecule has 0 unspecified atom stereocenters. The number of nitrogens with zero attached hydrogens (tertiary/aromatic N) is 1. The van der Waals surface area contributed by atoms with Crippen molar-refractivity contribution in [3.63, 3.8) is 0 Å². The van der Waals surface area contributed by atoms with Crippen molar-refractivity contribution in [2.75, 3.05) is 0 Å². The fraction of sp³-hybridized carbons (Fsp3) is 0.133. The molecule has 1 aliphatic rings. The second-order valence-electron chi connectivity index (χ2n) is 5.40. The normalized spacial score (nSPS) is 15.4. The van der Waals surface area contributed by atoms with Crippen LogP contribution in [0.15, 0.2) is 42.7 Å². The molecule has 1 heterocycles. The number of aliphatic imine (C=N–C) groups is 1. The van der Waals surface area contributed by atoms with Crippen LogP contribution in [0.5, 0.6) is 11.5 Å². The van der Waals surface area contributed by atoms with E-state index < -0.39 is 19.2 Å². The summed E-state index contributed by atoms with van der Waals surface area (Å²) in [6.45, 7) is 0. The molecule has 0 saturated heterocycles. The monoisotopic (exact) mass is 629 g/mol. The molecule has 2 aromatic carbocycles. The van der Waals surface area contributed by atoms with E-state index in [2.05, 4.69) is 62.7 Å². The van der Waals surface area contributed by atoms with E-state index in [1.807, 2.05) is 12.1 Å². The van der Waals surface area contributed by atoms with Gasteiger partial charge in [-0.3, -0.25) is 0 Å². The van der Waals surface area contributed by atoms with Gasteiger partial charge in [-0.05, 0) is 0 Å². The first-order chi connectivity index (χ1) is 10.7. The Labute approximate surface area is 169 Å². The summed E-state index contributed by atoms with van der Waals surface area (Å²) in [5.41, 5.74) is 1.56. The molecular formula is C15H11Br3ClNO2Sn. The van der Waals surface area contributed by atoms with E-state index in [0.717, 1.165) is 24.7 Å². The van der Waals surface area contributed by atoms with Crippen LogP contribution in [0.4, 0.5) is 5.69 Å². The Balaban J connectivity index is 2.24. The molecule has 0 fully saturated rings. The number of rotatable bonds is 0. The summed E-state index contributed by atoms with van der Waals surface area (Å²) in [7, 11) is 0. The van der Waals surface area contributed by atoms with Crippen LogP contribution in [0.3, 0.4) is 0 Å². The predicted octanol–water partition coefficient (Wildman–Crippen LogP) is 6.85. The van der Waals surface area contributed by atoms with Crippen molar-refractivity contribution in [1.29, 1.82) is 0 Å². The van der Waals surface area contributed by atoms with Crippen LogP contribution >= 0.6 is 59.4 Å². The van der Waals surface area contributed by atoms with Gasteiger partial charge in [-0.15, -0.1) is 0 Å². The SMILES string of the molecule is [CH3][Sn]1([CH3])[O]c2c(Br)cc(Br)cc2C=Nc2cc(Cl)cc(Br)c2[O]1. The van der Waals surface area contributed by atoms with E-state index in [4.69, 9.17) is 17.7 Å². The van der Waals surface area contributed by atoms with Crippen LogP contribution in [0.2, 0.25) is 14.9 Å². The molecule has 120 valence electrons. The molecule has 3 nitrogen and oxygen atoms in total. The molecule has 0 amide bonds. The Morgan fingerprint density at radius 1 is 0.957 bits per heavy atom. The summed E-state index contributed by atoms with van der Waals surface area (Å²) >= 11 is 13.4. The standard InChI is InChI=1S/C13H7Br3ClNO2.2CH3.Sn/c14-7-1-6(12(19)9(15)2-7)5-18-11-4-8(17)3-10(16)13(11)20;;;/h1-5,19-20H;2*1H3;/q;;;+2/p-2. The topological polar surface area (TPSA) is 30.8 Å². The third kappa shape index (κ3) is 4.08. The van der Waals surface area contributed by atoms with Crippen LogP contribution in [0.25, 0.3) is 0 Å². The molecule has 0 atom stereocenters. The van der Waals surface area contributed by atoms with Gasteiger partial charge in [0.2, 0.25) is 0 Å². The van der Waals surface area contributed by atoms with E-state index in [0.29, 0.717) is 16.5 Å². The molecule has 0 spiro atoms. The fourth-order valence-electron chi connectivity index (χ4n) is 2.18. The molecular weight excluding hydrogens is 620 g/mol. The van der Waals surface area contributed by atoms with Gasteiger partial charge >= 0.3 is 171 Å². The Hall–Kier alpha value is 0.239. The quantitative estimate of drug-likeness (QED) is 0.298. The molecule has 0 aliphatic carbocycles. The second-order valence-corrected chi connectivity index (χ2v) is 17.6. The van der Waals surface area contributed by atoms with Gasteiger partial charge in [0.25, 0.3) is 0 Å². The number of hydrogen-bond acceptors (Lipinski definition) is 3. The third-order valence-corrected chi connectivity index (χ3v) is 8.89. The first kappa shape index (κ1) is 18.0. The Morgan fingerprint density at radius 2 is 1.61 bits per heavy atom. The molecule has 23 heavy (non-hydrogen) atoms. The molecule has 1 aliphatic heterocycles. The molecule has 0 aromatic heterocycles. The van der Waals surface area contributed by atoms with E-state index in [1.165, 1.54) is 0 Å². The van der Waals surface area contributed by atoms with Crippen molar-refractivity contribution in [2.45, 2.75) is 9.88 Å². The average molecular weight is 631 g/mol. The van der Waals surface area contributed by atoms with Crippen molar-refractivity contribution in [2.24, 2.45) is 4.99 Å². The average Bonchev–Trinajstić information content (AvgIpc) is 2.47. The maximum absolute atomic E-state index is 6.31. The molecule has 0 saturated carbocycles. The Kier molecular flexibility index (Phi) is 5.38. The van der Waals surface area contributed by atoms with E-state index in [-0.39, 0.29) is 0 Å². The third-order valence-electron chi connectivity index (χ3n) is 3.06. The summed E-state index contributed by atoms with van der Waals surface area (Å²) in [6, 6.07) is 7.51. The van der Waals surface area contributed by atoms with Crippen molar-refractivity contribution in [3.05, 3.63) is 48.3 Å². The van der Waals surface area contributed by atoms with Gasteiger partial charge in [-0.2, -0.15) is 0 Å². The van der Waals surface area contributed by atoms with Crippen LogP contribution in [0.1, 0.15) is 5.56 Å². The van der Waals surface area contributed by atoms with Crippen molar-refractivity contribution in [1.82, 2.24) is 0 Å². The number of fused-ring (bicyclic) bond motifs is 2. The van der Waals surface area contributed by atoms with E-state index in [9.17, 15) is 0 Å². The zero-order valence-electron chi connectivity index (χ0n) is 12.2. The van der Waals surface area contributed by atoms with Crippen LogP contribution in [-0.2, 0) is 0 Å². The van der Waals surface area contributed by atoms with Crippen molar-refractivity contribution in [3.8, 4) is 11.5 Å². The van der Waals surface area contributed by atoms with Crippen LogP contribution < -0.4 is 6.15 Å². The maximum atomic E-state index is 6.31. The molecule has 0 N–H and O–H groups in total. The summed E-state index contributed by atoms with van der Waals surface area (Å²) in [6.07, 6.45) is 1.77. The minimum absolute atomic E-state index is 0.597. The van der Waals surface area contributed by atoms with Crippen molar-refractivity contribution >= 4 is 90.5 Å². The van der Waals surface area contributed by atoms with Gasteiger partial charge in [0, 0.05) is 0 Å². The zero-order chi connectivity index (χ0) is 16.8. The fourth-order valence-corrected chi connectivity index (χ4v) is 9.43. The zero-order valence-corrected chi connectivity index (χ0v) is 20.5. The molecule has 3 rings (SSSR count). The number of hydrogen-bond donors (Lipinski definition) is 0. The minimum atomic E-state index is -3.33. The van der Waals surface area contributed by atoms with Crippen LogP contribution in [0, 0.1) is 0 Å². The molecule has 2 aromatic rings. The Bertz CT molecular complexity index is 761. The first-order valence-electron chi connectivity index (χ1n) is 6.65. The molecule has 0 radical (unpaired) electrons. The summed E-state index contributed by atoms with van der Waals surface area (Å²) < 4.78 is 15.2. The second kappa shape index (κ2) is 6.86. The predicted molar refractivity (Wildman–Crippen MR) is 107 cm³/mol. The number of benzene rings is 2. The molecule has 0 bridgehead atoms. The van der Waals surface area contributed by atoms with Gasteiger partial charge in [-0.25, -0.2) is 0 Å². The van der Waals surface area contributed by atoms with E-state index >= 15 is 0 Å². The van der Waals surface area contributed by atoms with Gasteiger partial charge in [0.15, 0.2) is 0 Å². The summed E-state index contributed by atoms with van der Waals surface area (Å²) in [4.78, 5) is 8.68. The van der Waals surface area contributed by atoms with E-state index in [1.54, 1.807) is 18.3 Å². The van der Waals surface area contributed by atoms with Crippen molar-refractivity contribution < 1.29 is 6.15 Å². The first-order valence-corrected chi connectivity index (χ1v) is 17.4.